The zero-order valence-corrected chi connectivity index (χ0v) is 10.6. The molecule has 2 aromatic rings. The number of aryl methyl sites for hydroxylation is 1. The van der Waals surface area contributed by atoms with E-state index in [4.69, 9.17) is 4.74 Å². The number of ether oxygens (including phenoxy) is 1. The Morgan fingerprint density at radius 3 is 3.00 bits per heavy atom. The van der Waals surface area contributed by atoms with Crippen LogP contribution in [0.2, 0.25) is 0 Å². The summed E-state index contributed by atoms with van der Waals surface area (Å²) in [4.78, 5) is 15.8. The minimum atomic E-state index is -0.323. The first-order valence-corrected chi connectivity index (χ1v) is 5.70. The normalized spacial score (nSPS) is 10.7. The van der Waals surface area contributed by atoms with Gasteiger partial charge in [0, 0.05) is 11.5 Å². The summed E-state index contributed by atoms with van der Waals surface area (Å²) >= 11 is 3.43. The Balaban J connectivity index is 2.54. The number of imidazole rings is 1. The molecule has 1 heterocycles. The van der Waals surface area contributed by atoms with Crippen LogP contribution in [0.4, 0.5) is 0 Å². The van der Waals surface area contributed by atoms with Gasteiger partial charge >= 0.3 is 5.97 Å². The van der Waals surface area contributed by atoms with E-state index in [0.29, 0.717) is 12.2 Å². The number of fused-ring (bicyclic) bond motifs is 1. The maximum Gasteiger partial charge on any atom is 0.338 e. The number of benzene rings is 1. The topological polar surface area (TPSA) is 44.1 Å². The number of aromatic nitrogens is 2. The summed E-state index contributed by atoms with van der Waals surface area (Å²) in [6.07, 6.45) is 1.71. The van der Waals surface area contributed by atoms with Crippen molar-refractivity contribution in [2.75, 3.05) is 6.61 Å². The van der Waals surface area contributed by atoms with E-state index >= 15 is 0 Å². The van der Waals surface area contributed by atoms with E-state index in [-0.39, 0.29) is 5.97 Å². The van der Waals surface area contributed by atoms with Crippen molar-refractivity contribution in [2.45, 2.75) is 6.92 Å². The van der Waals surface area contributed by atoms with Crippen LogP contribution in [0, 0.1) is 0 Å². The Hall–Kier alpha value is -1.36. The maximum atomic E-state index is 11.6. The van der Waals surface area contributed by atoms with Crippen molar-refractivity contribution in [3.05, 3.63) is 28.5 Å². The molecule has 5 heteroatoms. The Morgan fingerprint density at radius 1 is 1.56 bits per heavy atom. The van der Waals surface area contributed by atoms with Crippen LogP contribution in [0.1, 0.15) is 17.3 Å². The van der Waals surface area contributed by atoms with Gasteiger partial charge in [-0.05, 0) is 35.0 Å². The van der Waals surface area contributed by atoms with Crippen molar-refractivity contribution in [2.24, 2.45) is 7.05 Å². The van der Waals surface area contributed by atoms with E-state index in [1.807, 2.05) is 11.6 Å². The molecule has 0 saturated carbocycles. The zero-order chi connectivity index (χ0) is 11.7. The van der Waals surface area contributed by atoms with Crippen LogP contribution >= 0.6 is 15.9 Å². The SMILES string of the molecule is CCOC(=O)c1cc(Br)c2c(c1)ncn2C. The smallest absolute Gasteiger partial charge is 0.338 e. The predicted octanol–water partition coefficient (Wildman–Crippen LogP) is 2.51. The van der Waals surface area contributed by atoms with E-state index in [1.54, 1.807) is 25.4 Å². The van der Waals surface area contributed by atoms with Crippen molar-refractivity contribution >= 4 is 32.9 Å². The van der Waals surface area contributed by atoms with Gasteiger partial charge in [-0.2, -0.15) is 0 Å². The van der Waals surface area contributed by atoms with Gasteiger partial charge < -0.3 is 9.30 Å². The van der Waals surface area contributed by atoms with E-state index in [1.165, 1.54) is 0 Å². The first-order chi connectivity index (χ1) is 7.63. The van der Waals surface area contributed by atoms with E-state index < -0.39 is 0 Å². The first-order valence-electron chi connectivity index (χ1n) is 4.91. The number of halogens is 1. The second kappa shape index (κ2) is 4.25. The summed E-state index contributed by atoms with van der Waals surface area (Å²) in [6, 6.07) is 3.49. The lowest BCUT2D eigenvalue weighted by Gasteiger charge is -2.03. The molecule has 0 spiro atoms. The molecule has 84 valence electrons. The average Bonchev–Trinajstić information content (AvgIpc) is 2.61. The van der Waals surface area contributed by atoms with Crippen LogP contribution in [0.3, 0.4) is 0 Å². The molecule has 1 aromatic carbocycles. The minimum absolute atomic E-state index is 0.323. The van der Waals surface area contributed by atoms with Crippen LogP contribution in [-0.2, 0) is 11.8 Å². The second-order valence-electron chi connectivity index (χ2n) is 3.40. The molecule has 0 N–H and O–H groups in total. The highest BCUT2D eigenvalue weighted by molar-refractivity contribution is 9.10. The summed E-state index contributed by atoms with van der Waals surface area (Å²) in [5.74, 6) is -0.323. The molecule has 16 heavy (non-hydrogen) atoms. The molecule has 4 nitrogen and oxygen atoms in total. The molecule has 2 rings (SSSR count). The largest absolute Gasteiger partial charge is 0.462 e. The molecule has 1 aromatic heterocycles. The summed E-state index contributed by atoms with van der Waals surface area (Å²) in [5, 5.41) is 0. The van der Waals surface area contributed by atoms with Crippen molar-refractivity contribution in [3.63, 3.8) is 0 Å². The lowest BCUT2D eigenvalue weighted by atomic mass is 10.2. The Kier molecular flexibility index (Phi) is 2.96. The number of hydrogen-bond acceptors (Lipinski definition) is 3. The van der Waals surface area contributed by atoms with Gasteiger partial charge in [-0.1, -0.05) is 0 Å². The molecule has 0 radical (unpaired) electrons. The molecule has 0 saturated heterocycles. The molecule has 0 unspecified atom stereocenters. The number of esters is 1. The second-order valence-corrected chi connectivity index (χ2v) is 4.26. The summed E-state index contributed by atoms with van der Waals surface area (Å²) in [7, 11) is 1.91. The van der Waals surface area contributed by atoms with Crippen LogP contribution in [0.5, 0.6) is 0 Å². The third-order valence-corrected chi connectivity index (χ3v) is 2.88. The van der Waals surface area contributed by atoms with Crippen molar-refractivity contribution in [3.8, 4) is 0 Å². The number of carbonyl (C=O) groups excluding carboxylic acids is 1. The third kappa shape index (κ3) is 1.82. The molecule has 0 aliphatic heterocycles. The number of nitrogens with zero attached hydrogens (tertiary/aromatic N) is 2. The third-order valence-electron chi connectivity index (χ3n) is 2.28. The van der Waals surface area contributed by atoms with Gasteiger partial charge in [0.1, 0.15) is 0 Å². The average molecular weight is 283 g/mol. The van der Waals surface area contributed by atoms with Gasteiger partial charge in [-0.3, -0.25) is 0 Å². The molecule has 0 fully saturated rings. The van der Waals surface area contributed by atoms with E-state index in [2.05, 4.69) is 20.9 Å². The monoisotopic (exact) mass is 282 g/mol. The lowest BCUT2D eigenvalue weighted by molar-refractivity contribution is 0.0526. The van der Waals surface area contributed by atoms with Crippen LogP contribution in [0.25, 0.3) is 11.0 Å². The van der Waals surface area contributed by atoms with Gasteiger partial charge in [-0.15, -0.1) is 0 Å². The summed E-state index contributed by atoms with van der Waals surface area (Å²) in [6.45, 7) is 2.16. The number of rotatable bonds is 2. The van der Waals surface area contributed by atoms with Gasteiger partial charge in [0.25, 0.3) is 0 Å². The fourth-order valence-corrected chi connectivity index (χ4v) is 2.30. The fraction of sp³-hybridized carbons (Fsp3) is 0.273. The highest BCUT2D eigenvalue weighted by atomic mass is 79.9. The van der Waals surface area contributed by atoms with E-state index in [0.717, 1.165) is 15.5 Å². The van der Waals surface area contributed by atoms with Crippen molar-refractivity contribution < 1.29 is 9.53 Å². The molecule has 0 bridgehead atoms. The summed E-state index contributed by atoms with van der Waals surface area (Å²) < 4.78 is 7.68. The Labute approximate surface area is 101 Å². The molecule has 0 amide bonds. The summed E-state index contributed by atoms with van der Waals surface area (Å²) in [5.41, 5.74) is 2.26. The standard InChI is InChI=1S/C11H11BrN2O2/c1-3-16-11(15)7-4-8(12)10-9(5-7)13-6-14(10)2/h4-6H,3H2,1-2H3. The first kappa shape index (κ1) is 11.1. The van der Waals surface area contributed by atoms with Crippen LogP contribution in [0.15, 0.2) is 22.9 Å². The van der Waals surface area contributed by atoms with Crippen LogP contribution in [-0.4, -0.2) is 22.1 Å². The zero-order valence-electron chi connectivity index (χ0n) is 9.03. The quantitative estimate of drug-likeness (QED) is 0.795. The van der Waals surface area contributed by atoms with Gasteiger partial charge in [0.15, 0.2) is 0 Å². The molecule has 0 aliphatic rings. The highest BCUT2D eigenvalue weighted by Crippen LogP contribution is 2.25. The minimum Gasteiger partial charge on any atom is -0.462 e. The highest BCUT2D eigenvalue weighted by Gasteiger charge is 2.12. The lowest BCUT2D eigenvalue weighted by Crippen LogP contribution is -2.04. The van der Waals surface area contributed by atoms with Gasteiger partial charge in [0.05, 0.1) is 29.5 Å². The van der Waals surface area contributed by atoms with Crippen LogP contribution < -0.4 is 0 Å². The number of carbonyl (C=O) groups is 1. The van der Waals surface area contributed by atoms with Gasteiger partial charge in [-0.25, -0.2) is 9.78 Å². The van der Waals surface area contributed by atoms with E-state index in [9.17, 15) is 4.79 Å². The van der Waals surface area contributed by atoms with Crippen molar-refractivity contribution in [1.82, 2.24) is 9.55 Å². The Morgan fingerprint density at radius 2 is 2.31 bits per heavy atom. The molecule has 0 aliphatic carbocycles. The molecular formula is C11H11BrN2O2. The Bertz CT molecular complexity index is 548. The molecule has 0 atom stereocenters. The van der Waals surface area contributed by atoms with Gasteiger partial charge in [0.2, 0.25) is 0 Å². The molecular weight excluding hydrogens is 272 g/mol. The predicted molar refractivity (Wildman–Crippen MR) is 64.4 cm³/mol. The van der Waals surface area contributed by atoms with Crippen molar-refractivity contribution in [1.29, 1.82) is 0 Å². The number of hydrogen-bond donors (Lipinski definition) is 0. The fourth-order valence-electron chi connectivity index (χ4n) is 1.57. The maximum absolute atomic E-state index is 11.6.